The van der Waals surface area contributed by atoms with Gasteiger partial charge in [-0.1, -0.05) is 12.1 Å². The summed E-state index contributed by atoms with van der Waals surface area (Å²) in [4.78, 5) is 22.9. The third-order valence-corrected chi connectivity index (χ3v) is 3.35. The third kappa shape index (κ3) is 6.35. The van der Waals surface area contributed by atoms with Crippen LogP contribution in [0.3, 0.4) is 0 Å². The van der Waals surface area contributed by atoms with Crippen LogP contribution in [0.15, 0.2) is 24.3 Å². The second kappa shape index (κ2) is 8.36. The first-order valence-corrected chi connectivity index (χ1v) is 7.09. The average molecular weight is 294 g/mol. The number of aliphatic carboxylic acids is 1. The Morgan fingerprint density at radius 2 is 1.90 bits per heavy atom. The quantitative estimate of drug-likeness (QED) is 0.430. The first-order valence-electron chi connectivity index (χ1n) is 7.09. The van der Waals surface area contributed by atoms with Crippen LogP contribution in [0.4, 0.5) is 5.69 Å². The third-order valence-electron chi connectivity index (χ3n) is 3.35. The Kier molecular flexibility index (Phi) is 6.81. The predicted octanol–water partition coefficient (Wildman–Crippen LogP) is 3.06. The molecule has 1 rings (SSSR count). The number of nitrogens with zero attached hydrogens (tertiary/aromatic N) is 2. The van der Waals surface area contributed by atoms with E-state index in [2.05, 4.69) is 18.7 Å². The van der Waals surface area contributed by atoms with Gasteiger partial charge in [0.2, 0.25) is 0 Å². The molecule has 0 radical (unpaired) electrons. The molecule has 1 aromatic carbocycles. The van der Waals surface area contributed by atoms with Gasteiger partial charge < -0.3 is 5.11 Å². The molecule has 0 bridgehead atoms. The Morgan fingerprint density at radius 1 is 1.29 bits per heavy atom. The molecule has 116 valence electrons. The zero-order valence-corrected chi connectivity index (χ0v) is 12.5. The number of nitro groups is 1. The smallest absolute Gasteiger partial charge is 0.303 e. The van der Waals surface area contributed by atoms with E-state index < -0.39 is 10.9 Å². The van der Waals surface area contributed by atoms with E-state index in [0.29, 0.717) is 19.0 Å². The van der Waals surface area contributed by atoms with E-state index in [1.807, 2.05) is 0 Å². The van der Waals surface area contributed by atoms with Crippen molar-refractivity contribution in [3.8, 4) is 0 Å². The summed E-state index contributed by atoms with van der Waals surface area (Å²) in [5, 5.41) is 19.2. The highest BCUT2D eigenvalue weighted by Gasteiger charge is 2.11. The van der Waals surface area contributed by atoms with Gasteiger partial charge in [0.25, 0.3) is 5.69 Å². The molecule has 0 amide bonds. The number of benzene rings is 1. The molecule has 0 aliphatic heterocycles. The lowest BCUT2D eigenvalue weighted by atomic mass is 10.1. The van der Waals surface area contributed by atoms with Crippen molar-refractivity contribution in [3.05, 3.63) is 39.9 Å². The van der Waals surface area contributed by atoms with E-state index in [4.69, 9.17) is 5.11 Å². The molecule has 0 aromatic heterocycles. The van der Waals surface area contributed by atoms with Gasteiger partial charge in [-0.2, -0.15) is 0 Å². The number of nitro benzene ring substituents is 1. The highest BCUT2D eigenvalue weighted by Crippen LogP contribution is 2.15. The van der Waals surface area contributed by atoms with Gasteiger partial charge in [0, 0.05) is 31.1 Å². The number of rotatable bonds is 9. The van der Waals surface area contributed by atoms with E-state index in [0.717, 1.165) is 18.5 Å². The molecule has 0 aliphatic carbocycles. The van der Waals surface area contributed by atoms with Crippen LogP contribution in [0, 0.1) is 10.1 Å². The number of carbonyl (C=O) groups is 1. The Bertz CT molecular complexity index is 471. The minimum absolute atomic E-state index is 0.0938. The molecular weight excluding hydrogens is 272 g/mol. The molecule has 6 nitrogen and oxygen atoms in total. The minimum Gasteiger partial charge on any atom is -0.481 e. The maximum Gasteiger partial charge on any atom is 0.303 e. The second-order valence-electron chi connectivity index (χ2n) is 5.34. The summed E-state index contributed by atoms with van der Waals surface area (Å²) in [7, 11) is 0. The molecule has 6 heteroatoms. The molecule has 0 fully saturated rings. The van der Waals surface area contributed by atoms with Crippen LogP contribution in [-0.2, 0) is 11.3 Å². The number of carboxylic acid groups (broad SMARTS) is 1. The number of non-ortho nitro benzene ring substituents is 1. The van der Waals surface area contributed by atoms with Crippen LogP contribution in [0.2, 0.25) is 0 Å². The van der Waals surface area contributed by atoms with Gasteiger partial charge in [-0.25, -0.2) is 0 Å². The van der Waals surface area contributed by atoms with Gasteiger partial charge in [-0.3, -0.25) is 19.8 Å². The summed E-state index contributed by atoms with van der Waals surface area (Å²) in [5.41, 5.74) is 1.11. The topological polar surface area (TPSA) is 83.7 Å². The zero-order chi connectivity index (χ0) is 15.8. The standard InChI is InChI=1S/C15H22N2O4/c1-12(2)16(10-4-3-5-15(18)19)11-13-6-8-14(9-7-13)17(20)21/h6-9,12H,3-5,10-11H2,1-2H3,(H,18,19). The van der Waals surface area contributed by atoms with Crippen molar-refractivity contribution in [1.29, 1.82) is 0 Å². The summed E-state index contributed by atoms with van der Waals surface area (Å²) < 4.78 is 0. The van der Waals surface area contributed by atoms with E-state index in [-0.39, 0.29) is 12.1 Å². The second-order valence-corrected chi connectivity index (χ2v) is 5.34. The largest absolute Gasteiger partial charge is 0.481 e. The Hall–Kier alpha value is -1.95. The van der Waals surface area contributed by atoms with Crippen LogP contribution in [-0.4, -0.2) is 33.5 Å². The summed E-state index contributed by atoms with van der Waals surface area (Å²) in [6, 6.07) is 6.90. The lowest BCUT2D eigenvalue weighted by molar-refractivity contribution is -0.384. The summed E-state index contributed by atoms with van der Waals surface area (Å²) in [6.07, 6.45) is 1.69. The molecule has 1 aromatic rings. The summed E-state index contributed by atoms with van der Waals surface area (Å²) >= 11 is 0. The van der Waals surface area contributed by atoms with E-state index in [1.54, 1.807) is 12.1 Å². The van der Waals surface area contributed by atoms with Gasteiger partial charge >= 0.3 is 5.97 Å². The number of hydrogen-bond donors (Lipinski definition) is 1. The van der Waals surface area contributed by atoms with Gasteiger partial charge in [-0.15, -0.1) is 0 Å². The first-order chi connectivity index (χ1) is 9.90. The molecule has 0 spiro atoms. The van der Waals surface area contributed by atoms with Crippen LogP contribution >= 0.6 is 0 Å². The molecule has 0 aliphatic rings. The Labute approximate surface area is 124 Å². The van der Waals surface area contributed by atoms with Gasteiger partial charge in [-0.05, 0) is 38.8 Å². The molecule has 0 unspecified atom stereocenters. The van der Waals surface area contributed by atoms with Crippen LogP contribution in [0.5, 0.6) is 0 Å². The maximum absolute atomic E-state index is 10.6. The molecule has 21 heavy (non-hydrogen) atoms. The van der Waals surface area contributed by atoms with Gasteiger partial charge in [0.05, 0.1) is 4.92 Å². The number of hydrogen-bond acceptors (Lipinski definition) is 4. The monoisotopic (exact) mass is 294 g/mol. The predicted molar refractivity (Wildman–Crippen MR) is 80.1 cm³/mol. The van der Waals surface area contributed by atoms with Crippen LogP contribution < -0.4 is 0 Å². The van der Waals surface area contributed by atoms with E-state index in [9.17, 15) is 14.9 Å². The van der Waals surface area contributed by atoms with Gasteiger partial charge in [0.1, 0.15) is 0 Å². The zero-order valence-electron chi connectivity index (χ0n) is 12.5. The molecule has 1 N–H and O–H groups in total. The van der Waals surface area contributed by atoms with Crippen molar-refractivity contribution in [3.63, 3.8) is 0 Å². The molecule has 0 atom stereocenters. The fourth-order valence-corrected chi connectivity index (χ4v) is 2.07. The average Bonchev–Trinajstić information content (AvgIpc) is 2.42. The van der Waals surface area contributed by atoms with Crippen LogP contribution in [0.25, 0.3) is 0 Å². The normalized spacial score (nSPS) is 11.0. The first kappa shape index (κ1) is 17.1. The lowest BCUT2D eigenvalue weighted by Gasteiger charge is -2.26. The van der Waals surface area contributed by atoms with Crippen LogP contribution in [0.1, 0.15) is 38.7 Å². The number of carboxylic acids is 1. The number of unbranched alkanes of at least 4 members (excludes halogenated alkanes) is 1. The lowest BCUT2D eigenvalue weighted by Crippen LogP contribution is -2.31. The maximum atomic E-state index is 10.6. The van der Waals surface area contributed by atoms with Crippen molar-refractivity contribution < 1.29 is 14.8 Å². The fourth-order valence-electron chi connectivity index (χ4n) is 2.07. The highest BCUT2D eigenvalue weighted by atomic mass is 16.6. The molecule has 0 heterocycles. The Balaban J connectivity index is 2.53. The van der Waals surface area contributed by atoms with E-state index >= 15 is 0 Å². The minimum atomic E-state index is -0.763. The summed E-state index contributed by atoms with van der Waals surface area (Å²) in [6.45, 7) is 5.70. The highest BCUT2D eigenvalue weighted by molar-refractivity contribution is 5.66. The SMILES string of the molecule is CC(C)N(CCCCC(=O)O)Cc1ccc([N+](=O)[O-])cc1. The molecular formula is C15H22N2O4. The van der Waals surface area contributed by atoms with Crippen molar-refractivity contribution in [1.82, 2.24) is 4.90 Å². The van der Waals surface area contributed by atoms with Crippen molar-refractivity contribution >= 4 is 11.7 Å². The van der Waals surface area contributed by atoms with E-state index in [1.165, 1.54) is 12.1 Å². The fraction of sp³-hybridized carbons (Fsp3) is 0.533. The molecule has 0 saturated carbocycles. The Morgan fingerprint density at radius 3 is 2.38 bits per heavy atom. The van der Waals surface area contributed by atoms with Crippen molar-refractivity contribution in [2.24, 2.45) is 0 Å². The van der Waals surface area contributed by atoms with Crippen molar-refractivity contribution in [2.45, 2.75) is 45.7 Å². The molecule has 0 saturated heterocycles. The van der Waals surface area contributed by atoms with Crippen molar-refractivity contribution in [2.75, 3.05) is 6.54 Å². The van der Waals surface area contributed by atoms with Gasteiger partial charge in [0.15, 0.2) is 0 Å². The summed E-state index contributed by atoms with van der Waals surface area (Å²) in [5.74, 6) is -0.763.